The summed E-state index contributed by atoms with van der Waals surface area (Å²) in [5.74, 6) is -3.40. The lowest BCUT2D eigenvalue weighted by atomic mass is 10.1. The highest BCUT2D eigenvalue weighted by atomic mass is 19.2. The van der Waals surface area contributed by atoms with Crippen molar-refractivity contribution in [1.29, 1.82) is 0 Å². The minimum atomic E-state index is -1.09. The number of hydrogen-bond donors (Lipinski definition) is 2. The van der Waals surface area contributed by atoms with E-state index in [1.807, 2.05) is 13.8 Å². The van der Waals surface area contributed by atoms with Crippen LogP contribution >= 0.6 is 0 Å². The second kappa shape index (κ2) is 6.82. The SMILES string of the molecule is CC(C)CCNC(=O)C(=O)Nc1ccc(F)c(F)c1. The van der Waals surface area contributed by atoms with Crippen molar-refractivity contribution in [2.24, 2.45) is 5.92 Å². The van der Waals surface area contributed by atoms with E-state index < -0.39 is 23.4 Å². The van der Waals surface area contributed by atoms with E-state index in [4.69, 9.17) is 0 Å². The Balaban J connectivity index is 2.49. The average molecular weight is 270 g/mol. The quantitative estimate of drug-likeness (QED) is 0.823. The molecule has 104 valence electrons. The maximum Gasteiger partial charge on any atom is 0.313 e. The van der Waals surface area contributed by atoms with Gasteiger partial charge in [-0.3, -0.25) is 9.59 Å². The zero-order valence-electron chi connectivity index (χ0n) is 10.8. The molecule has 0 bridgehead atoms. The summed E-state index contributed by atoms with van der Waals surface area (Å²) in [6.45, 7) is 4.38. The fraction of sp³-hybridized carbons (Fsp3) is 0.385. The Labute approximate surface area is 110 Å². The zero-order chi connectivity index (χ0) is 14.4. The molecule has 0 heterocycles. The van der Waals surface area contributed by atoms with Crippen LogP contribution in [-0.2, 0) is 9.59 Å². The first-order valence-electron chi connectivity index (χ1n) is 5.94. The number of benzene rings is 1. The van der Waals surface area contributed by atoms with Gasteiger partial charge in [0.2, 0.25) is 0 Å². The molecule has 6 heteroatoms. The van der Waals surface area contributed by atoms with E-state index in [1.54, 1.807) is 0 Å². The highest BCUT2D eigenvalue weighted by Gasteiger charge is 2.14. The van der Waals surface area contributed by atoms with Crippen LogP contribution in [0.2, 0.25) is 0 Å². The third-order valence-corrected chi connectivity index (χ3v) is 2.39. The number of carbonyl (C=O) groups excluding carboxylic acids is 2. The van der Waals surface area contributed by atoms with Crippen LogP contribution in [0.5, 0.6) is 0 Å². The molecular formula is C13H16F2N2O2. The second-order valence-corrected chi connectivity index (χ2v) is 4.52. The number of halogens is 2. The summed E-state index contributed by atoms with van der Waals surface area (Å²) in [5.41, 5.74) is 0.0305. The van der Waals surface area contributed by atoms with E-state index >= 15 is 0 Å². The minimum absolute atomic E-state index is 0.0305. The molecule has 0 radical (unpaired) electrons. The van der Waals surface area contributed by atoms with Crippen molar-refractivity contribution in [2.45, 2.75) is 20.3 Å². The Bertz CT molecular complexity index is 476. The monoisotopic (exact) mass is 270 g/mol. The van der Waals surface area contributed by atoms with Gasteiger partial charge in [-0.15, -0.1) is 0 Å². The Morgan fingerprint density at radius 1 is 1.16 bits per heavy atom. The molecule has 0 fully saturated rings. The predicted octanol–water partition coefficient (Wildman–Crippen LogP) is 2.07. The van der Waals surface area contributed by atoms with Crippen LogP contribution < -0.4 is 10.6 Å². The molecule has 0 aliphatic carbocycles. The van der Waals surface area contributed by atoms with Crippen molar-refractivity contribution in [1.82, 2.24) is 5.32 Å². The number of rotatable bonds is 4. The summed E-state index contributed by atoms with van der Waals surface area (Å²) in [6, 6.07) is 2.87. The molecule has 0 aliphatic heterocycles. The maximum atomic E-state index is 12.9. The smallest absolute Gasteiger partial charge is 0.313 e. The van der Waals surface area contributed by atoms with Gasteiger partial charge in [0.05, 0.1) is 0 Å². The zero-order valence-corrected chi connectivity index (χ0v) is 10.8. The molecule has 1 aromatic rings. The van der Waals surface area contributed by atoms with Gasteiger partial charge in [0.1, 0.15) is 0 Å². The van der Waals surface area contributed by atoms with Crippen molar-refractivity contribution < 1.29 is 18.4 Å². The summed E-state index contributed by atoms with van der Waals surface area (Å²) >= 11 is 0. The number of anilines is 1. The first kappa shape index (κ1) is 15.1. The Kier molecular flexibility index (Phi) is 5.41. The Morgan fingerprint density at radius 2 is 1.84 bits per heavy atom. The van der Waals surface area contributed by atoms with Crippen LogP contribution in [0.1, 0.15) is 20.3 Å². The summed E-state index contributed by atoms with van der Waals surface area (Å²) in [4.78, 5) is 22.8. The lowest BCUT2D eigenvalue weighted by Crippen LogP contribution is -2.36. The molecule has 0 unspecified atom stereocenters. The molecule has 0 atom stereocenters. The largest absolute Gasteiger partial charge is 0.348 e. The van der Waals surface area contributed by atoms with E-state index in [2.05, 4.69) is 10.6 Å². The predicted molar refractivity (Wildman–Crippen MR) is 67.5 cm³/mol. The number of nitrogens with one attached hydrogen (secondary N) is 2. The molecule has 1 rings (SSSR count). The summed E-state index contributed by atoms with van der Waals surface area (Å²) in [6.07, 6.45) is 0.754. The van der Waals surface area contributed by atoms with Gasteiger partial charge in [-0.05, 0) is 24.5 Å². The van der Waals surface area contributed by atoms with Gasteiger partial charge in [0, 0.05) is 18.3 Å². The molecule has 0 aromatic heterocycles. The van der Waals surface area contributed by atoms with Gasteiger partial charge in [-0.2, -0.15) is 0 Å². The second-order valence-electron chi connectivity index (χ2n) is 4.52. The first-order chi connectivity index (χ1) is 8.90. The standard InChI is InChI=1S/C13H16F2N2O2/c1-8(2)5-6-16-12(18)13(19)17-9-3-4-10(14)11(15)7-9/h3-4,7-8H,5-6H2,1-2H3,(H,16,18)(H,17,19). The molecule has 0 saturated carbocycles. The molecule has 2 amide bonds. The van der Waals surface area contributed by atoms with Gasteiger partial charge in [0.15, 0.2) is 11.6 Å². The summed E-state index contributed by atoms with van der Waals surface area (Å²) in [7, 11) is 0. The Morgan fingerprint density at radius 3 is 2.42 bits per heavy atom. The number of hydrogen-bond acceptors (Lipinski definition) is 2. The van der Waals surface area contributed by atoms with Crippen LogP contribution in [0.3, 0.4) is 0 Å². The van der Waals surface area contributed by atoms with Crippen molar-refractivity contribution in [3.63, 3.8) is 0 Å². The summed E-state index contributed by atoms with van der Waals surface area (Å²) < 4.78 is 25.6. The Hall–Kier alpha value is -1.98. The average Bonchev–Trinajstić information content (AvgIpc) is 2.33. The third-order valence-electron chi connectivity index (χ3n) is 2.39. The number of amides is 2. The fourth-order valence-corrected chi connectivity index (χ4v) is 1.32. The van der Waals surface area contributed by atoms with Crippen molar-refractivity contribution >= 4 is 17.5 Å². The maximum absolute atomic E-state index is 12.9. The lowest BCUT2D eigenvalue weighted by Gasteiger charge is -2.08. The van der Waals surface area contributed by atoms with Gasteiger partial charge in [-0.1, -0.05) is 13.8 Å². The molecule has 2 N–H and O–H groups in total. The molecule has 1 aromatic carbocycles. The molecule has 19 heavy (non-hydrogen) atoms. The molecule has 0 saturated heterocycles. The molecular weight excluding hydrogens is 254 g/mol. The van der Waals surface area contributed by atoms with Crippen molar-refractivity contribution in [3.8, 4) is 0 Å². The van der Waals surface area contributed by atoms with E-state index in [0.29, 0.717) is 12.5 Å². The van der Waals surface area contributed by atoms with Crippen LogP contribution in [0.15, 0.2) is 18.2 Å². The van der Waals surface area contributed by atoms with Crippen LogP contribution in [0.25, 0.3) is 0 Å². The number of carbonyl (C=O) groups is 2. The molecule has 0 spiro atoms. The molecule has 4 nitrogen and oxygen atoms in total. The van der Waals surface area contributed by atoms with Crippen LogP contribution in [-0.4, -0.2) is 18.4 Å². The van der Waals surface area contributed by atoms with E-state index in [-0.39, 0.29) is 5.69 Å². The topological polar surface area (TPSA) is 58.2 Å². The van der Waals surface area contributed by atoms with E-state index in [0.717, 1.165) is 18.6 Å². The van der Waals surface area contributed by atoms with Gasteiger partial charge < -0.3 is 10.6 Å². The van der Waals surface area contributed by atoms with Gasteiger partial charge >= 0.3 is 11.8 Å². The van der Waals surface area contributed by atoms with Gasteiger partial charge in [-0.25, -0.2) is 8.78 Å². The highest BCUT2D eigenvalue weighted by molar-refractivity contribution is 6.39. The van der Waals surface area contributed by atoms with Crippen LogP contribution in [0, 0.1) is 17.6 Å². The van der Waals surface area contributed by atoms with Crippen LogP contribution in [0.4, 0.5) is 14.5 Å². The molecule has 0 aliphatic rings. The van der Waals surface area contributed by atoms with E-state index in [9.17, 15) is 18.4 Å². The summed E-state index contributed by atoms with van der Waals surface area (Å²) in [5, 5.41) is 4.63. The fourth-order valence-electron chi connectivity index (χ4n) is 1.32. The lowest BCUT2D eigenvalue weighted by molar-refractivity contribution is -0.136. The first-order valence-corrected chi connectivity index (χ1v) is 5.94. The minimum Gasteiger partial charge on any atom is -0.348 e. The highest BCUT2D eigenvalue weighted by Crippen LogP contribution is 2.12. The van der Waals surface area contributed by atoms with Gasteiger partial charge in [0.25, 0.3) is 0 Å². The van der Waals surface area contributed by atoms with Crippen molar-refractivity contribution in [2.75, 3.05) is 11.9 Å². The van der Waals surface area contributed by atoms with E-state index in [1.165, 1.54) is 6.07 Å². The van der Waals surface area contributed by atoms with Crippen molar-refractivity contribution in [3.05, 3.63) is 29.8 Å². The normalized spacial score (nSPS) is 10.4. The third kappa shape index (κ3) is 5.03.